The highest BCUT2D eigenvalue weighted by molar-refractivity contribution is 6.41. The van der Waals surface area contributed by atoms with Crippen molar-refractivity contribution in [3.05, 3.63) is 231 Å². The fraction of sp³-hybridized carbons (Fsp3) is 0. The molecule has 0 heteroatoms. The van der Waals surface area contributed by atoms with Gasteiger partial charge in [-0.2, -0.15) is 0 Å². The Balaban J connectivity index is 1.00. The maximum Gasteiger partial charge on any atom is -0.000718 e. The summed E-state index contributed by atoms with van der Waals surface area (Å²) < 4.78 is 0. The number of hydrogen-bond acceptors (Lipinski definition) is 0. The van der Waals surface area contributed by atoms with Crippen molar-refractivity contribution in [1.29, 1.82) is 0 Å². The van der Waals surface area contributed by atoms with Crippen molar-refractivity contribution in [2.24, 2.45) is 0 Å². The lowest BCUT2D eigenvalue weighted by Crippen LogP contribution is -1.95. The van der Waals surface area contributed by atoms with Crippen LogP contribution in [-0.2, 0) is 0 Å². The van der Waals surface area contributed by atoms with Crippen LogP contribution in [0.2, 0.25) is 0 Å². The highest BCUT2D eigenvalue weighted by Gasteiger charge is 2.33. The van der Waals surface area contributed by atoms with Crippen molar-refractivity contribution in [3.8, 4) is 100 Å². The first-order valence-corrected chi connectivity index (χ1v) is 23.1. The minimum Gasteiger partial charge on any atom is -0.0622 e. The molecule has 15 rings (SSSR count). The minimum atomic E-state index is 1.22. The van der Waals surface area contributed by atoms with Crippen LogP contribution in [0, 0.1) is 0 Å². The highest BCUT2D eigenvalue weighted by atomic mass is 14.4. The summed E-state index contributed by atoms with van der Waals surface area (Å²) in [6.45, 7) is 0. The first-order valence-electron chi connectivity index (χ1n) is 23.1. The molecule has 0 aliphatic heterocycles. The average molecular weight is 831 g/mol. The number of benzene rings is 13. The first-order chi connectivity index (χ1) is 32.8. The van der Waals surface area contributed by atoms with Crippen LogP contribution in [0.5, 0.6) is 0 Å². The van der Waals surface area contributed by atoms with Crippen LogP contribution in [0.1, 0.15) is 0 Å². The topological polar surface area (TPSA) is 0 Å². The zero-order chi connectivity index (χ0) is 43.0. The van der Waals surface area contributed by atoms with Gasteiger partial charge >= 0.3 is 0 Å². The molecule has 0 unspecified atom stereocenters. The van der Waals surface area contributed by atoms with E-state index in [1.165, 1.54) is 154 Å². The van der Waals surface area contributed by atoms with Crippen molar-refractivity contribution in [1.82, 2.24) is 0 Å². The maximum absolute atomic E-state index is 2.45. The summed E-state index contributed by atoms with van der Waals surface area (Å²) in [5.41, 5.74) is 23.1. The summed E-state index contributed by atoms with van der Waals surface area (Å²) in [7, 11) is 0. The Bertz CT molecular complexity index is 4160. The SMILES string of the molecule is c1ccc(-c2ccccc2-c2ccc3c(c2)-c2ccc4c5ccc6c7c(ccc(c8ccc-3c2c48)c75)-c2c-6c(-c3ccccc3)c3ccccc3c2-c2ccccc2-c2ccccc2)cc1. The molecule has 0 spiro atoms. The highest BCUT2D eigenvalue weighted by Crippen LogP contribution is 2.61. The molecule has 0 radical (unpaired) electrons. The quantitative estimate of drug-likeness (QED) is 0.120. The van der Waals surface area contributed by atoms with Crippen LogP contribution in [0.3, 0.4) is 0 Å². The van der Waals surface area contributed by atoms with Crippen molar-refractivity contribution in [2.45, 2.75) is 0 Å². The minimum absolute atomic E-state index is 1.22. The summed E-state index contributed by atoms with van der Waals surface area (Å²) in [5, 5.41) is 13.3. The normalized spacial score (nSPS) is 12.2. The van der Waals surface area contributed by atoms with Crippen molar-refractivity contribution in [3.63, 3.8) is 0 Å². The smallest absolute Gasteiger partial charge is 0.000718 e. The molecule has 0 atom stereocenters. The monoisotopic (exact) mass is 830 g/mol. The van der Waals surface area contributed by atoms with Gasteiger partial charge in [0.1, 0.15) is 0 Å². The molecule has 302 valence electrons. The van der Waals surface area contributed by atoms with E-state index in [9.17, 15) is 0 Å². The predicted molar refractivity (Wildman–Crippen MR) is 281 cm³/mol. The van der Waals surface area contributed by atoms with E-state index in [0.717, 1.165) is 0 Å². The Morgan fingerprint density at radius 3 is 1.09 bits per heavy atom. The summed E-state index contributed by atoms with van der Waals surface area (Å²) in [4.78, 5) is 0. The molecule has 0 aromatic heterocycles. The number of fused-ring (bicyclic) bond motifs is 9. The van der Waals surface area contributed by atoms with E-state index >= 15 is 0 Å². The van der Waals surface area contributed by atoms with E-state index < -0.39 is 0 Å². The van der Waals surface area contributed by atoms with Crippen molar-refractivity contribution in [2.75, 3.05) is 0 Å². The van der Waals surface area contributed by atoms with Gasteiger partial charge in [-0.1, -0.05) is 224 Å². The van der Waals surface area contributed by atoms with Gasteiger partial charge in [-0.15, -0.1) is 0 Å². The standard InChI is InChI=1S/C66H38/c1-4-16-39(17-5-1)43-22-10-11-24-45(43)42-28-29-46-50-30-31-51-54-35-37-57-64-56(36-34-53(62(54)64)52-32-33-55(58(46)38-42)60(50)61(51)52)65-59(41-20-8-3-9-21-41)48-26-14-15-27-49(48)63(66(57)65)47-25-13-12-23-44(47)40-18-6-2-7-19-40/h1-38H. The molecule has 13 aromatic rings. The molecule has 0 nitrogen and oxygen atoms in total. The molecule has 0 bridgehead atoms. The fourth-order valence-corrected chi connectivity index (χ4v) is 12.3. The molecule has 0 saturated heterocycles. The van der Waals surface area contributed by atoms with Crippen molar-refractivity contribution >= 4 is 53.9 Å². The van der Waals surface area contributed by atoms with Gasteiger partial charge in [0, 0.05) is 0 Å². The molecular weight excluding hydrogens is 793 g/mol. The Kier molecular flexibility index (Phi) is 7.31. The van der Waals surface area contributed by atoms with Gasteiger partial charge in [0.2, 0.25) is 0 Å². The van der Waals surface area contributed by atoms with E-state index in [0.29, 0.717) is 0 Å². The third-order valence-corrected chi connectivity index (χ3v) is 14.9. The molecular formula is C66H38. The zero-order valence-corrected chi connectivity index (χ0v) is 35.9. The van der Waals surface area contributed by atoms with Gasteiger partial charge < -0.3 is 0 Å². The van der Waals surface area contributed by atoms with Crippen LogP contribution in [0.4, 0.5) is 0 Å². The zero-order valence-electron chi connectivity index (χ0n) is 35.9. The van der Waals surface area contributed by atoms with Gasteiger partial charge in [0.25, 0.3) is 0 Å². The Hall–Kier alpha value is -8.58. The average Bonchev–Trinajstić information content (AvgIpc) is 3.90. The first kappa shape index (κ1) is 35.8. The molecule has 0 amide bonds. The van der Waals surface area contributed by atoms with E-state index in [1.54, 1.807) is 0 Å². The largest absolute Gasteiger partial charge is 0.0622 e. The molecule has 13 aromatic carbocycles. The fourth-order valence-electron chi connectivity index (χ4n) is 12.3. The van der Waals surface area contributed by atoms with E-state index in [-0.39, 0.29) is 0 Å². The summed E-state index contributed by atoms with van der Waals surface area (Å²) in [6.07, 6.45) is 0. The summed E-state index contributed by atoms with van der Waals surface area (Å²) in [5.74, 6) is 0. The maximum atomic E-state index is 2.45. The lowest BCUT2D eigenvalue weighted by molar-refractivity contribution is 1.58. The molecule has 2 aliphatic rings. The second-order valence-electron chi connectivity index (χ2n) is 18.1. The van der Waals surface area contributed by atoms with E-state index in [1.807, 2.05) is 0 Å². The van der Waals surface area contributed by atoms with Crippen molar-refractivity contribution < 1.29 is 0 Å². The second kappa shape index (κ2) is 13.5. The molecule has 0 saturated carbocycles. The van der Waals surface area contributed by atoms with Crippen LogP contribution in [-0.4, -0.2) is 0 Å². The molecule has 0 heterocycles. The molecule has 2 aliphatic carbocycles. The summed E-state index contributed by atoms with van der Waals surface area (Å²) >= 11 is 0. The number of hydrogen-bond donors (Lipinski definition) is 0. The van der Waals surface area contributed by atoms with Gasteiger partial charge in [-0.3, -0.25) is 0 Å². The lowest BCUT2D eigenvalue weighted by Gasteiger charge is -2.22. The van der Waals surface area contributed by atoms with Crippen LogP contribution in [0.25, 0.3) is 154 Å². The molecule has 0 N–H and O–H groups in total. The van der Waals surface area contributed by atoms with Crippen LogP contribution >= 0.6 is 0 Å². The van der Waals surface area contributed by atoms with Crippen LogP contribution < -0.4 is 0 Å². The Morgan fingerprint density at radius 1 is 0.152 bits per heavy atom. The Morgan fingerprint density at radius 2 is 0.530 bits per heavy atom. The number of rotatable bonds is 5. The van der Waals surface area contributed by atoms with Gasteiger partial charge in [0.05, 0.1) is 0 Å². The predicted octanol–water partition coefficient (Wildman–Crippen LogP) is 18.5. The Labute approximate surface area is 382 Å². The van der Waals surface area contributed by atoms with Gasteiger partial charge in [0.15, 0.2) is 0 Å². The third kappa shape index (κ3) is 4.77. The van der Waals surface area contributed by atoms with Gasteiger partial charge in [-0.05, 0) is 160 Å². The van der Waals surface area contributed by atoms with Crippen LogP contribution in [0.15, 0.2) is 231 Å². The molecule has 0 fully saturated rings. The van der Waals surface area contributed by atoms with Gasteiger partial charge in [-0.25, -0.2) is 0 Å². The van der Waals surface area contributed by atoms with E-state index in [4.69, 9.17) is 0 Å². The third-order valence-electron chi connectivity index (χ3n) is 14.9. The van der Waals surface area contributed by atoms with E-state index in [2.05, 4.69) is 231 Å². The molecule has 66 heavy (non-hydrogen) atoms. The second-order valence-corrected chi connectivity index (χ2v) is 18.1. The summed E-state index contributed by atoms with van der Waals surface area (Å²) in [6, 6.07) is 86.3. The lowest BCUT2D eigenvalue weighted by atomic mass is 9.81.